The summed E-state index contributed by atoms with van der Waals surface area (Å²) in [7, 11) is 0. The lowest BCUT2D eigenvalue weighted by Gasteiger charge is -2.38. The molecule has 0 aliphatic carbocycles. The summed E-state index contributed by atoms with van der Waals surface area (Å²) in [4.78, 5) is 4.11. The van der Waals surface area contributed by atoms with Gasteiger partial charge in [0.15, 0.2) is 0 Å². The first-order chi connectivity index (χ1) is 10.6. The van der Waals surface area contributed by atoms with Gasteiger partial charge in [0, 0.05) is 12.8 Å². The molecule has 1 aromatic heterocycles. The molecule has 0 atom stereocenters. The second kappa shape index (κ2) is 9.11. The van der Waals surface area contributed by atoms with E-state index in [4.69, 9.17) is 9.47 Å². The van der Waals surface area contributed by atoms with Gasteiger partial charge in [-0.15, -0.1) is 0 Å². The minimum atomic E-state index is -0.353. The molecule has 1 heterocycles. The number of ether oxygens (including phenoxy) is 2. The summed E-state index contributed by atoms with van der Waals surface area (Å²) in [5.41, 5.74) is -0.614. The number of aliphatic hydroxyl groups is 1. The molecule has 4 heteroatoms. The fourth-order valence-electron chi connectivity index (χ4n) is 2.65. The quantitative estimate of drug-likeness (QED) is 0.672. The third kappa shape index (κ3) is 4.96. The molecule has 0 radical (unpaired) electrons. The second-order valence-corrected chi connectivity index (χ2v) is 5.83. The van der Waals surface area contributed by atoms with Crippen LogP contribution in [0.15, 0.2) is 24.5 Å². The van der Waals surface area contributed by atoms with E-state index in [2.05, 4.69) is 32.7 Å². The predicted molar refractivity (Wildman–Crippen MR) is 89.1 cm³/mol. The Balaban J connectivity index is 2.82. The van der Waals surface area contributed by atoms with Crippen LogP contribution in [-0.2, 0) is 4.74 Å². The molecule has 126 valence electrons. The first-order valence-corrected chi connectivity index (χ1v) is 8.43. The molecule has 0 saturated carbocycles. The zero-order valence-corrected chi connectivity index (χ0v) is 14.5. The van der Waals surface area contributed by atoms with Gasteiger partial charge in [-0.05, 0) is 44.2 Å². The standard InChI is InChI=1S/C18H31NO3/c1-5-17(6-2,11-13-20)21-15-18(7-3,8-4)22-16-10-9-12-19-14-16/h9-10,12,14,20H,5-8,11,13,15H2,1-4H3. The summed E-state index contributed by atoms with van der Waals surface area (Å²) >= 11 is 0. The lowest BCUT2D eigenvalue weighted by molar-refractivity contribution is -0.123. The molecular weight excluding hydrogens is 278 g/mol. The van der Waals surface area contributed by atoms with E-state index in [0.29, 0.717) is 13.0 Å². The number of hydrogen-bond acceptors (Lipinski definition) is 4. The zero-order valence-electron chi connectivity index (χ0n) is 14.5. The van der Waals surface area contributed by atoms with Crippen molar-refractivity contribution in [3.05, 3.63) is 24.5 Å². The van der Waals surface area contributed by atoms with Gasteiger partial charge in [0.25, 0.3) is 0 Å². The van der Waals surface area contributed by atoms with Gasteiger partial charge >= 0.3 is 0 Å². The van der Waals surface area contributed by atoms with Crippen molar-refractivity contribution in [2.45, 2.75) is 71.0 Å². The largest absolute Gasteiger partial charge is 0.483 e. The molecule has 0 amide bonds. The van der Waals surface area contributed by atoms with Crippen molar-refractivity contribution in [2.24, 2.45) is 0 Å². The minimum absolute atomic E-state index is 0.149. The Bertz CT molecular complexity index is 400. The smallest absolute Gasteiger partial charge is 0.138 e. The maximum atomic E-state index is 9.32. The summed E-state index contributed by atoms with van der Waals surface area (Å²) in [6, 6.07) is 3.80. The summed E-state index contributed by atoms with van der Waals surface area (Å²) in [6.45, 7) is 9.14. The SMILES string of the molecule is CCC(CC)(CCO)OCC(CC)(CC)Oc1cccnc1. The first-order valence-electron chi connectivity index (χ1n) is 8.43. The van der Waals surface area contributed by atoms with Crippen LogP contribution in [0.5, 0.6) is 5.75 Å². The van der Waals surface area contributed by atoms with Crippen LogP contribution in [0.2, 0.25) is 0 Å². The van der Waals surface area contributed by atoms with Crippen molar-refractivity contribution in [1.29, 1.82) is 0 Å². The average Bonchev–Trinajstić information content (AvgIpc) is 2.58. The van der Waals surface area contributed by atoms with Crippen LogP contribution >= 0.6 is 0 Å². The summed E-state index contributed by atoms with van der Waals surface area (Å²) in [5, 5.41) is 9.32. The van der Waals surface area contributed by atoms with E-state index in [1.807, 2.05) is 12.1 Å². The highest BCUT2D eigenvalue weighted by Gasteiger charge is 2.34. The Morgan fingerprint density at radius 3 is 2.14 bits per heavy atom. The number of aromatic nitrogens is 1. The molecule has 22 heavy (non-hydrogen) atoms. The summed E-state index contributed by atoms with van der Waals surface area (Å²) in [5.74, 6) is 0.774. The summed E-state index contributed by atoms with van der Waals surface area (Å²) < 4.78 is 12.5. The molecule has 0 aliphatic heterocycles. The van der Waals surface area contributed by atoms with Crippen molar-refractivity contribution in [3.63, 3.8) is 0 Å². The molecule has 0 bridgehead atoms. The number of nitrogens with zero attached hydrogens (tertiary/aromatic N) is 1. The fraction of sp³-hybridized carbons (Fsp3) is 0.722. The van der Waals surface area contributed by atoms with Crippen molar-refractivity contribution in [3.8, 4) is 5.75 Å². The number of pyridine rings is 1. The molecular formula is C18H31NO3. The molecule has 4 nitrogen and oxygen atoms in total. The van der Waals surface area contributed by atoms with E-state index < -0.39 is 0 Å². The molecule has 0 spiro atoms. The number of aliphatic hydroxyl groups excluding tert-OH is 1. The highest BCUT2D eigenvalue weighted by molar-refractivity contribution is 5.17. The molecule has 1 aromatic rings. The number of rotatable bonds is 11. The Kier molecular flexibility index (Phi) is 7.83. The van der Waals surface area contributed by atoms with Gasteiger partial charge in [-0.3, -0.25) is 4.98 Å². The van der Waals surface area contributed by atoms with Crippen molar-refractivity contribution in [1.82, 2.24) is 4.98 Å². The first kappa shape index (κ1) is 18.9. The van der Waals surface area contributed by atoms with Crippen LogP contribution in [0, 0.1) is 0 Å². The molecule has 0 aromatic carbocycles. The van der Waals surface area contributed by atoms with Gasteiger partial charge in [0.2, 0.25) is 0 Å². The van der Waals surface area contributed by atoms with Crippen LogP contribution < -0.4 is 4.74 Å². The van der Waals surface area contributed by atoms with Crippen molar-refractivity contribution >= 4 is 0 Å². The van der Waals surface area contributed by atoms with E-state index in [-0.39, 0.29) is 17.8 Å². The Hall–Kier alpha value is -1.13. The third-order valence-electron chi connectivity index (χ3n) is 4.75. The number of hydrogen-bond donors (Lipinski definition) is 1. The molecule has 0 unspecified atom stereocenters. The van der Waals surface area contributed by atoms with E-state index in [1.54, 1.807) is 12.4 Å². The molecule has 0 aliphatic rings. The van der Waals surface area contributed by atoms with Gasteiger partial charge in [-0.2, -0.15) is 0 Å². The Labute approximate surface area is 134 Å². The van der Waals surface area contributed by atoms with Crippen molar-refractivity contribution in [2.75, 3.05) is 13.2 Å². The van der Waals surface area contributed by atoms with E-state index in [9.17, 15) is 5.11 Å². The van der Waals surface area contributed by atoms with Crippen molar-refractivity contribution < 1.29 is 14.6 Å². The minimum Gasteiger partial charge on any atom is -0.483 e. The van der Waals surface area contributed by atoms with Crippen LogP contribution in [0.1, 0.15) is 59.8 Å². The third-order valence-corrected chi connectivity index (χ3v) is 4.75. The normalized spacial score (nSPS) is 12.4. The van der Waals surface area contributed by atoms with Crippen LogP contribution in [0.4, 0.5) is 0 Å². The van der Waals surface area contributed by atoms with E-state index in [0.717, 1.165) is 31.4 Å². The lowest BCUT2D eigenvalue weighted by atomic mass is 9.92. The van der Waals surface area contributed by atoms with Crippen LogP contribution in [0.3, 0.4) is 0 Å². The molecule has 0 fully saturated rings. The zero-order chi connectivity index (χ0) is 16.5. The monoisotopic (exact) mass is 309 g/mol. The van der Waals surface area contributed by atoms with Gasteiger partial charge < -0.3 is 14.6 Å². The van der Waals surface area contributed by atoms with Gasteiger partial charge in [-0.1, -0.05) is 27.7 Å². The highest BCUT2D eigenvalue weighted by atomic mass is 16.6. The van der Waals surface area contributed by atoms with Crippen LogP contribution in [-0.4, -0.2) is 34.5 Å². The Morgan fingerprint density at radius 1 is 1.05 bits per heavy atom. The molecule has 0 saturated heterocycles. The van der Waals surface area contributed by atoms with Gasteiger partial charge in [0.1, 0.15) is 11.4 Å². The maximum Gasteiger partial charge on any atom is 0.138 e. The Morgan fingerprint density at radius 2 is 1.68 bits per heavy atom. The second-order valence-electron chi connectivity index (χ2n) is 5.83. The van der Waals surface area contributed by atoms with E-state index >= 15 is 0 Å². The molecule has 1 rings (SSSR count). The van der Waals surface area contributed by atoms with Gasteiger partial charge in [0.05, 0.1) is 18.4 Å². The van der Waals surface area contributed by atoms with Gasteiger partial charge in [-0.25, -0.2) is 0 Å². The highest BCUT2D eigenvalue weighted by Crippen LogP contribution is 2.30. The fourth-order valence-corrected chi connectivity index (χ4v) is 2.65. The molecule has 1 N–H and O–H groups in total. The summed E-state index contributed by atoms with van der Waals surface area (Å²) in [6.07, 6.45) is 7.64. The topological polar surface area (TPSA) is 51.6 Å². The van der Waals surface area contributed by atoms with E-state index in [1.165, 1.54) is 0 Å². The lowest BCUT2D eigenvalue weighted by Crippen LogP contribution is -2.45. The van der Waals surface area contributed by atoms with Crippen LogP contribution in [0.25, 0.3) is 0 Å². The predicted octanol–water partition coefficient (Wildman–Crippen LogP) is 3.98. The maximum absolute atomic E-state index is 9.32. The average molecular weight is 309 g/mol.